The highest BCUT2D eigenvalue weighted by Crippen LogP contribution is 2.31. The number of hydrogen-bond acceptors (Lipinski definition) is 1. The van der Waals surface area contributed by atoms with Crippen LogP contribution in [0.1, 0.15) is 7.43 Å². The summed E-state index contributed by atoms with van der Waals surface area (Å²) in [6.07, 6.45) is 0. The lowest BCUT2D eigenvalue weighted by Gasteiger charge is -2.04. The Balaban J connectivity index is 0.00000112. The lowest BCUT2D eigenvalue weighted by atomic mass is 10.1. The fraction of sp³-hybridized carbons (Fsp3) is 0.0769. The summed E-state index contributed by atoms with van der Waals surface area (Å²) >= 11 is 5.86. The number of phenolic OH excluding ortho intramolecular Hbond substituents is 1. The van der Waals surface area contributed by atoms with Gasteiger partial charge in [0.2, 0.25) is 0 Å². The first-order chi connectivity index (χ1) is 6.77. The third-order valence-electron chi connectivity index (χ3n) is 2.04. The average Bonchev–Trinajstić information content (AvgIpc) is 2.23. The van der Waals surface area contributed by atoms with Gasteiger partial charge < -0.3 is 5.11 Å². The third-order valence-corrected chi connectivity index (χ3v) is 2.28. The zero-order valence-corrected chi connectivity index (χ0v) is 8.20. The van der Waals surface area contributed by atoms with E-state index in [-0.39, 0.29) is 13.2 Å². The number of benzene rings is 2. The normalized spacial score (nSPS) is 9.40. The largest absolute Gasteiger partial charge is 0.507 e. The van der Waals surface area contributed by atoms with E-state index in [2.05, 4.69) is 0 Å². The van der Waals surface area contributed by atoms with Gasteiger partial charge in [0.05, 0.1) is 0 Å². The highest BCUT2D eigenvalue weighted by molar-refractivity contribution is 6.30. The molecule has 0 saturated carbocycles. The molecule has 0 atom stereocenters. The summed E-state index contributed by atoms with van der Waals surface area (Å²) in [5, 5.41) is 10.3. The van der Waals surface area contributed by atoms with E-state index in [4.69, 9.17) is 11.6 Å². The van der Waals surface area contributed by atoms with Crippen molar-refractivity contribution in [3.8, 4) is 16.9 Å². The Morgan fingerprint density at radius 2 is 1.60 bits per heavy atom. The molecule has 0 saturated heterocycles. The third kappa shape index (κ3) is 2.51. The fourth-order valence-corrected chi connectivity index (χ4v) is 1.53. The van der Waals surface area contributed by atoms with Crippen molar-refractivity contribution in [1.82, 2.24) is 0 Å². The molecule has 15 heavy (non-hydrogen) atoms. The summed E-state index contributed by atoms with van der Waals surface area (Å²) in [6.45, 7) is 0. The van der Waals surface area contributed by atoms with Crippen molar-refractivity contribution in [1.29, 1.82) is 0 Å². The number of phenols is 1. The van der Waals surface area contributed by atoms with Gasteiger partial charge in [0.25, 0.3) is 0 Å². The van der Waals surface area contributed by atoms with Gasteiger partial charge in [-0.25, -0.2) is 0 Å². The molecule has 0 heterocycles. The van der Waals surface area contributed by atoms with Crippen LogP contribution in [-0.4, -0.2) is 5.11 Å². The van der Waals surface area contributed by atoms with E-state index >= 15 is 0 Å². The van der Waals surface area contributed by atoms with Gasteiger partial charge in [-0.15, -0.1) is 0 Å². The van der Waals surface area contributed by atoms with E-state index in [1.54, 1.807) is 18.2 Å². The predicted molar refractivity (Wildman–Crippen MR) is 65.3 cm³/mol. The smallest absolute Gasteiger partial charge is 0.123 e. The molecule has 2 aromatic rings. The summed E-state index contributed by atoms with van der Waals surface area (Å²) in [5.41, 5.74) is 1.73. The molecule has 1 nitrogen and oxygen atoms in total. The minimum Gasteiger partial charge on any atom is -0.507 e. The summed E-state index contributed by atoms with van der Waals surface area (Å²) in [6, 6.07) is 14.7. The molecule has 0 aliphatic rings. The van der Waals surface area contributed by atoms with Gasteiger partial charge in [0.15, 0.2) is 0 Å². The van der Waals surface area contributed by atoms with E-state index in [9.17, 15) is 5.11 Å². The van der Waals surface area contributed by atoms with Crippen molar-refractivity contribution in [2.45, 2.75) is 7.43 Å². The highest BCUT2D eigenvalue weighted by atomic mass is 35.5. The Morgan fingerprint density at radius 1 is 0.933 bits per heavy atom. The lowest BCUT2D eigenvalue weighted by Crippen LogP contribution is -1.78. The maximum atomic E-state index is 9.63. The Bertz CT molecular complexity index is 438. The molecule has 0 radical (unpaired) electrons. The predicted octanol–water partition coefficient (Wildman–Crippen LogP) is 4.35. The van der Waals surface area contributed by atoms with Gasteiger partial charge in [0, 0.05) is 10.6 Å². The van der Waals surface area contributed by atoms with E-state index in [1.165, 1.54) is 0 Å². The van der Waals surface area contributed by atoms with Gasteiger partial charge in [-0.3, -0.25) is 0 Å². The van der Waals surface area contributed by atoms with Crippen LogP contribution in [0.2, 0.25) is 5.02 Å². The molecule has 0 fully saturated rings. The van der Waals surface area contributed by atoms with Gasteiger partial charge in [-0.2, -0.15) is 0 Å². The van der Waals surface area contributed by atoms with Crippen molar-refractivity contribution in [2.75, 3.05) is 0 Å². The number of hydrogen-bond donors (Lipinski definition) is 1. The lowest BCUT2D eigenvalue weighted by molar-refractivity contribution is 0.477. The number of rotatable bonds is 1. The van der Waals surface area contributed by atoms with Crippen LogP contribution < -0.4 is 0 Å². The first-order valence-electron chi connectivity index (χ1n) is 4.31. The molecule has 0 spiro atoms. The zero-order valence-electron chi connectivity index (χ0n) is 7.44. The molecule has 0 amide bonds. The fourth-order valence-electron chi connectivity index (χ4n) is 1.36. The number of aromatic hydroxyl groups is 1. The average molecular weight is 221 g/mol. The molecule has 78 valence electrons. The molecule has 0 aromatic heterocycles. The highest BCUT2D eigenvalue weighted by Gasteiger charge is 2.03. The van der Waals surface area contributed by atoms with Gasteiger partial charge in [0.1, 0.15) is 5.75 Å². The van der Waals surface area contributed by atoms with Crippen LogP contribution in [-0.2, 0) is 0 Å². The Labute approximate surface area is 95.0 Å². The Hall–Kier alpha value is -1.47. The van der Waals surface area contributed by atoms with E-state index in [0.717, 1.165) is 11.1 Å². The van der Waals surface area contributed by atoms with Crippen LogP contribution in [0.5, 0.6) is 5.75 Å². The zero-order chi connectivity index (χ0) is 9.97. The standard InChI is InChI=1S/C12H9ClO.CH4/c13-10-6-7-12(14)11(8-10)9-4-2-1-3-5-9;/h1-8,14H;1H4. The van der Waals surface area contributed by atoms with Gasteiger partial charge in [-0.05, 0) is 23.8 Å². The van der Waals surface area contributed by atoms with Crippen LogP contribution in [0, 0.1) is 0 Å². The molecule has 0 aliphatic carbocycles. The van der Waals surface area contributed by atoms with Crippen LogP contribution >= 0.6 is 11.6 Å². The minimum atomic E-state index is 0. The van der Waals surface area contributed by atoms with Crippen LogP contribution in [0.4, 0.5) is 0 Å². The second-order valence-electron chi connectivity index (χ2n) is 3.03. The van der Waals surface area contributed by atoms with E-state index in [0.29, 0.717) is 5.02 Å². The van der Waals surface area contributed by atoms with Gasteiger partial charge in [-0.1, -0.05) is 49.4 Å². The molecule has 2 heteroatoms. The molecule has 0 unspecified atom stereocenters. The van der Waals surface area contributed by atoms with Crippen LogP contribution in [0.15, 0.2) is 48.5 Å². The molecular formula is C13H13ClO. The van der Waals surface area contributed by atoms with Crippen LogP contribution in [0.3, 0.4) is 0 Å². The maximum Gasteiger partial charge on any atom is 0.123 e. The Kier molecular flexibility index (Phi) is 3.75. The topological polar surface area (TPSA) is 20.2 Å². The Morgan fingerprint density at radius 3 is 2.27 bits per heavy atom. The van der Waals surface area contributed by atoms with Crippen molar-refractivity contribution in [2.24, 2.45) is 0 Å². The second kappa shape index (κ2) is 4.85. The summed E-state index contributed by atoms with van der Waals surface area (Å²) in [5.74, 6) is 0.251. The van der Waals surface area contributed by atoms with E-state index < -0.39 is 0 Å². The van der Waals surface area contributed by atoms with E-state index in [1.807, 2.05) is 30.3 Å². The van der Waals surface area contributed by atoms with Crippen molar-refractivity contribution < 1.29 is 5.11 Å². The summed E-state index contributed by atoms with van der Waals surface area (Å²) in [4.78, 5) is 0. The summed E-state index contributed by atoms with van der Waals surface area (Å²) in [7, 11) is 0. The maximum absolute atomic E-state index is 9.63. The second-order valence-corrected chi connectivity index (χ2v) is 3.46. The molecule has 2 rings (SSSR count). The van der Waals surface area contributed by atoms with Crippen molar-refractivity contribution in [3.05, 3.63) is 53.6 Å². The van der Waals surface area contributed by atoms with Crippen LogP contribution in [0.25, 0.3) is 11.1 Å². The molecule has 0 aliphatic heterocycles. The number of halogens is 1. The minimum absolute atomic E-state index is 0. The molecule has 2 aromatic carbocycles. The first kappa shape index (κ1) is 11.6. The summed E-state index contributed by atoms with van der Waals surface area (Å²) < 4.78 is 0. The molecule has 1 N–H and O–H groups in total. The monoisotopic (exact) mass is 220 g/mol. The SMILES string of the molecule is C.Oc1ccc(Cl)cc1-c1ccccc1. The first-order valence-corrected chi connectivity index (χ1v) is 4.69. The molecule has 0 bridgehead atoms. The van der Waals surface area contributed by atoms with Gasteiger partial charge >= 0.3 is 0 Å². The van der Waals surface area contributed by atoms with Crippen molar-refractivity contribution >= 4 is 11.6 Å². The van der Waals surface area contributed by atoms with Crippen molar-refractivity contribution in [3.63, 3.8) is 0 Å². The quantitative estimate of drug-likeness (QED) is 0.758. The molecular weight excluding hydrogens is 208 g/mol.